The quantitative estimate of drug-likeness (QED) is 0.504. The summed E-state index contributed by atoms with van der Waals surface area (Å²) in [6.45, 7) is 3.12. The summed E-state index contributed by atoms with van der Waals surface area (Å²) in [5.74, 6) is 1.47. The summed E-state index contributed by atoms with van der Waals surface area (Å²) in [5.41, 5.74) is 1.81. The lowest BCUT2D eigenvalue weighted by atomic mass is 10.1. The molecule has 0 spiro atoms. The van der Waals surface area contributed by atoms with Gasteiger partial charge in [0.25, 0.3) is 0 Å². The molecule has 2 aromatic rings. The molecule has 152 valence electrons. The Bertz CT molecular complexity index is 882. The summed E-state index contributed by atoms with van der Waals surface area (Å²) >= 11 is 5.87. The van der Waals surface area contributed by atoms with Crippen LogP contribution in [0, 0.1) is 0 Å². The van der Waals surface area contributed by atoms with Crippen LogP contribution >= 0.6 is 11.6 Å². The molecule has 2 rings (SSSR count). The van der Waals surface area contributed by atoms with Crippen LogP contribution in [0.3, 0.4) is 0 Å². The van der Waals surface area contributed by atoms with Crippen molar-refractivity contribution >= 4 is 27.4 Å². The number of aliphatic imine (C=N–C) groups is 1. The molecule has 28 heavy (non-hydrogen) atoms. The van der Waals surface area contributed by atoms with Gasteiger partial charge in [-0.05, 0) is 42.3 Å². The van der Waals surface area contributed by atoms with Crippen molar-refractivity contribution in [1.29, 1.82) is 0 Å². The number of benzene rings is 2. The van der Waals surface area contributed by atoms with Crippen molar-refractivity contribution in [3.8, 4) is 5.75 Å². The predicted octanol–water partition coefficient (Wildman–Crippen LogP) is 3.02. The largest absolute Gasteiger partial charge is 0.489 e. The summed E-state index contributed by atoms with van der Waals surface area (Å²) in [7, 11) is -1.32. The van der Waals surface area contributed by atoms with E-state index in [1.165, 1.54) is 6.26 Å². The van der Waals surface area contributed by atoms with Gasteiger partial charge in [-0.15, -0.1) is 0 Å². The van der Waals surface area contributed by atoms with E-state index < -0.39 is 9.84 Å². The number of hydrogen-bond donors (Lipinski definition) is 2. The van der Waals surface area contributed by atoms with Gasteiger partial charge in [-0.2, -0.15) is 0 Å². The van der Waals surface area contributed by atoms with Gasteiger partial charge in [-0.25, -0.2) is 8.42 Å². The van der Waals surface area contributed by atoms with Crippen LogP contribution in [-0.4, -0.2) is 40.3 Å². The first-order chi connectivity index (χ1) is 13.2. The number of rotatable bonds is 8. The lowest BCUT2D eigenvalue weighted by Gasteiger charge is -2.18. The van der Waals surface area contributed by atoms with Gasteiger partial charge in [0.05, 0.1) is 12.3 Å². The number of halogens is 1. The molecule has 2 N–H and O–H groups in total. The van der Waals surface area contributed by atoms with Crippen LogP contribution in [0.5, 0.6) is 5.75 Å². The second kappa shape index (κ2) is 10.3. The van der Waals surface area contributed by atoms with Crippen molar-refractivity contribution in [1.82, 2.24) is 10.6 Å². The van der Waals surface area contributed by atoms with Gasteiger partial charge in [0.2, 0.25) is 0 Å². The van der Waals surface area contributed by atoms with Crippen LogP contribution < -0.4 is 15.4 Å². The first kappa shape index (κ1) is 22.0. The highest BCUT2D eigenvalue weighted by Crippen LogP contribution is 2.16. The van der Waals surface area contributed by atoms with E-state index in [1.54, 1.807) is 19.2 Å². The molecule has 0 saturated carbocycles. The molecule has 1 atom stereocenters. The molecule has 8 heteroatoms. The monoisotopic (exact) mass is 423 g/mol. The van der Waals surface area contributed by atoms with E-state index in [0.29, 0.717) is 24.1 Å². The minimum atomic E-state index is -3.02. The lowest BCUT2D eigenvalue weighted by molar-refractivity contribution is 0.224. The van der Waals surface area contributed by atoms with E-state index in [-0.39, 0.29) is 11.9 Å². The third-order valence-corrected chi connectivity index (χ3v) is 4.95. The molecule has 6 nitrogen and oxygen atoms in total. The Kier molecular flexibility index (Phi) is 8.14. The zero-order valence-electron chi connectivity index (χ0n) is 16.3. The molecule has 0 bridgehead atoms. The summed E-state index contributed by atoms with van der Waals surface area (Å²) in [6, 6.07) is 14.7. The Balaban J connectivity index is 1.78. The topological polar surface area (TPSA) is 79.8 Å². The lowest BCUT2D eigenvalue weighted by Crippen LogP contribution is -2.41. The molecule has 0 amide bonds. The predicted molar refractivity (Wildman–Crippen MR) is 115 cm³/mol. The number of sulfone groups is 1. The average molecular weight is 424 g/mol. The zero-order valence-corrected chi connectivity index (χ0v) is 17.8. The van der Waals surface area contributed by atoms with Gasteiger partial charge in [0.15, 0.2) is 15.8 Å². The number of nitrogens with zero attached hydrogens (tertiary/aromatic N) is 1. The highest BCUT2D eigenvalue weighted by molar-refractivity contribution is 7.89. The highest BCUT2D eigenvalue weighted by Gasteiger charge is 2.07. The first-order valence-corrected chi connectivity index (χ1v) is 11.3. The maximum Gasteiger partial charge on any atom is 0.191 e. The summed E-state index contributed by atoms with van der Waals surface area (Å²) in [4.78, 5) is 4.20. The van der Waals surface area contributed by atoms with Crippen molar-refractivity contribution in [3.05, 3.63) is 64.7 Å². The third-order valence-electron chi connectivity index (χ3n) is 3.84. The number of hydrogen-bond acceptors (Lipinski definition) is 4. The SMILES string of the molecule is CN=C(NCc1ccc(CS(C)(=O)=O)cc1)NCC(C)Oc1ccc(Cl)cc1. The Morgan fingerprint density at radius 1 is 1.07 bits per heavy atom. The van der Waals surface area contributed by atoms with Crippen molar-refractivity contribution in [2.75, 3.05) is 19.8 Å². The molecule has 1 unspecified atom stereocenters. The van der Waals surface area contributed by atoms with Crippen molar-refractivity contribution in [2.45, 2.75) is 25.3 Å². The summed E-state index contributed by atoms with van der Waals surface area (Å²) < 4.78 is 28.5. The molecule has 0 heterocycles. The molecule has 0 saturated heterocycles. The normalized spacial score (nSPS) is 13.1. The van der Waals surface area contributed by atoms with Crippen LogP contribution in [0.15, 0.2) is 53.5 Å². The van der Waals surface area contributed by atoms with Gasteiger partial charge in [-0.1, -0.05) is 35.9 Å². The molecule has 0 aliphatic carbocycles. The highest BCUT2D eigenvalue weighted by atomic mass is 35.5. The number of nitrogens with one attached hydrogen (secondary N) is 2. The van der Waals surface area contributed by atoms with Crippen molar-refractivity contribution in [3.63, 3.8) is 0 Å². The minimum absolute atomic E-state index is 0.0510. The van der Waals surface area contributed by atoms with E-state index in [4.69, 9.17) is 16.3 Å². The van der Waals surface area contributed by atoms with Crippen LogP contribution in [0.1, 0.15) is 18.1 Å². The number of guanidine groups is 1. The van der Waals surface area contributed by atoms with Crippen LogP contribution in [0.2, 0.25) is 5.02 Å². The molecule has 0 fully saturated rings. The smallest absolute Gasteiger partial charge is 0.191 e. The molecular formula is C20H26ClN3O3S. The first-order valence-electron chi connectivity index (χ1n) is 8.87. The molecule has 0 aliphatic rings. The second-order valence-electron chi connectivity index (χ2n) is 6.58. The number of ether oxygens (including phenoxy) is 1. The Morgan fingerprint density at radius 3 is 2.25 bits per heavy atom. The van der Waals surface area contributed by atoms with Gasteiger partial charge >= 0.3 is 0 Å². The maximum atomic E-state index is 11.3. The molecule has 0 radical (unpaired) electrons. The van der Waals surface area contributed by atoms with Gasteiger partial charge in [0, 0.05) is 24.9 Å². The van der Waals surface area contributed by atoms with Crippen molar-refractivity contribution < 1.29 is 13.2 Å². The van der Waals surface area contributed by atoms with E-state index in [1.807, 2.05) is 43.3 Å². The van der Waals surface area contributed by atoms with Gasteiger partial charge in [0.1, 0.15) is 11.9 Å². The molecule has 0 aromatic heterocycles. The van der Waals surface area contributed by atoms with Crippen molar-refractivity contribution in [2.24, 2.45) is 4.99 Å². The fraction of sp³-hybridized carbons (Fsp3) is 0.350. The summed E-state index contributed by atoms with van der Waals surface area (Å²) in [5, 5.41) is 7.12. The van der Waals surface area contributed by atoms with E-state index >= 15 is 0 Å². The molecular weight excluding hydrogens is 398 g/mol. The zero-order chi connectivity index (χ0) is 20.6. The van der Waals surface area contributed by atoms with Gasteiger partial charge < -0.3 is 15.4 Å². The molecule has 2 aromatic carbocycles. The van der Waals surface area contributed by atoms with E-state index in [9.17, 15) is 8.42 Å². The second-order valence-corrected chi connectivity index (χ2v) is 9.15. The Morgan fingerprint density at radius 2 is 1.68 bits per heavy atom. The Hall–Kier alpha value is -2.25. The maximum absolute atomic E-state index is 11.3. The van der Waals surface area contributed by atoms with E-state index in [2.05, 4.69) is 15.6 Å². The van der Waals surface area contributed by atoms with E-state index in [0.717, 1.165) is 16.9 Å². The fourth-order valence-electron chi connectivity index (χ4n) is 2.49. The van der Waals surface area contributed by atoms with Crippen LogP contribution in [0.25, 0.3) is 0 Å². The Labute approximate surface area is 171 Å². The third kappa shape index (κ3) is 8.19. The fourth-order valence-corrected chi connectivity index (χ4v) is 3.41. The molecule has 0 aliphatic heterocycles. The van der Waals surface area contributed by atoms with Gasteiger partial charge in [-0.3, -0.25) is 4.99 Å². The average Bonchev–Trinajstić information content (AvgIpc) is 2.64. The van der Waals surface area contributed by atoms with Crippen LogP contribution in [0.4, 0.5) is 0 Å². The van der Waals surface area contributed by atoms with Crippen LogP contribution in [-0.2, 0) is 22.1 Å². The summed E-state index contributed by atoms with van der Waals surface area (Å²) in [6.07, 6.45) is 1.17. The standard InChI is InChI=1S/C20H26ClN3O3S/c1-15(27-19-10-8-18(21)9-11-19)12-23-20(22-2)24-13-16-4-6-17(7-5-16)14-28(3,25)26/h4-11,15H,12-14H2,1-3H3,(H2,22,23,24). The minimum Gasteiger partial charge on any atom is -0.489 e.